The number of benzene rings is 2. The SMILES string of the molecule is FC(F)(F)c1ccccc1C(c1cccc(Cl)c1)N1CCCNCC1. The topological polar surface area (TPSA) is 15.3 Å². The van der Waals surface area contributed by atoms with Gasteiger partial charge in [0.2, 0.25) is 0 Å². The predicted molar refractivity (Wildman–Crippen MR) is 93.8 cm³/mol. The summed E-state index contributed by atoms with van der Waals surface area (Å²) >= 11 is 6.12. The molecule has 0 amide bonds. The lowest BCUT2D eigenvalue weighted by Crippen LogP contribution is -2.34. The van der Waals surface area contributed by atoms with Crippen LogP contribution in [0.2, 0.25) is 5.02 Å². The maximum Gasteiger partial charge on any atom is 0.416 e. The van der Waals surface area contributed by atoms with Crippen molar-refractivity contribution >= 4 is 11.6 Å². The molecule has 1 N–H and O–H groups in total. The molecule has 3 rings (SSSR count). The van der Waals surface area contributed by atoms with E-state index in [9.17, 15) is 13.2 Å². The molecule has 1 atom stereocenters. The molecule has 1 aliphatic rings. The Morgan fingerprint density at radius 3 is 2.56 bits per heavy atom. The summed E-state index contributed by atoms with van der Waals surface area (Å²) in [5, 5.41) is 3.83. The summed E-state index contributed by atoms with van der Waals surface area (Å²) in [5.74, 6) is 0. The first-order chi connectivity index (χ1) is 12.0. The molecule has 1 saturated heterocycles. The van der Waals surface area contributed by atoms with E-state index < -0.39 is 17.8 Å². The second-order valence-corrected chi connectivity index (χ2v) is 6.62. The van der Waals surface area contributed by atoms with Crippen LogP contribution in [0.4, 0.5) is 13.2 Å². The van der Waals surface area contributed by atoms with Crippen LogP contribution in [-0.2, 0) is 6.18 Å². The maximum atomic E-state index is 13.6. The van der Waals surface area contributed by atoms with Crippen molar-refractivity contribution in [2.24, 2.45) is 0 Å². The number of halogens is 4. The molecular formula is C19H20ClF3N2. The number of nitrogens with one attached hydrogen (secondary N) is 1. The van der Waals surface area contributed by atoms with Crippen LogP contribution in [0.15, 0.2) is 48.5 Å². The van der Waals surface area contributed by atoms with Gasteiger partial charge < -0.3 is 5.32 Å². The van der Waals surface area contributed by atoms with Crippen LogP contribution in [0.1, 0.15) is 29.2 Å². The lowest BCUT2D eigenvalue weighted by atomic mass is 9.92. The van der Waals surface area contributed by atoms with Crippen LogP contribution >= 0.6 is 11.6 Å². The lowest BCUT2D eigenvalue weighted by molar-refractivity contribution is -0.138. The number of hydrogen-bond donors (Lipinski definition) is 1. The van der Waals surface area contributed by atoms with Crippen molar-refractivity contribution in [1.29, 1.82) is 0 Å². The van der Waals surface area contributed by atoms with E-state index in [2.05, 4.69) is 10.2 Å². The highest BCUT2D eigenvalue weighted by atomic mass is 35.5. The quantitative estimate of drug-likeness (QED) is 0.841. The zero-order valence-corrected chi connectivity index (χ0v) is 14.4. The Bertz CT molecular complexity index is 710. The average molecular weight is 369 g/mol. The summed E-state index contributed by atoms with van der Waals surface area (Å²) in [7, 11) is 0. The zero-order valence-electron chi connectivity index (χ0n) is 13.7. The third-order valence-corrected chi connectivity index (χ3v) is 4.70. The molecule has 0 spiro atoms. The molecule has 2 nitrogen and oxygen atoms in total. The Kier molecular flexibility index (Phi) is 5.67. The molecule has 2 aromatic carbocycles. The largest absolute Gasteiger partial charge is 0.416 e. The monoisotopic (exact) mass is 368 g/mol. The van der Waals surface area contributed by atoms with Crippen LogP contribution in [0.5, 0.6) is 0 Å². The Morgan fingerprint density at radius 2 is 1.80 bits per heavy atom. The lowest BCUT2D eigenvalue weighted by Gasteiger charge is -2.33. The summed E-state index contributed by atoms with van der Waals surface area (Å²) in [6, 6.07) is 12.5. The number of nitrogens with zero attached hydrogens (tertiary/aromatic N) is 1. The molecule has 25 heavy (non-hydrogen) atoms. The Balaban J connectivity index is 2.11. The van der Waals surface area contributed by atoms with Gasteiger partial charge in [0.05, 0.1) is 11.6 Å². The predicted octanol–water partition coefficient (Wildman–Crippen LogP) is 4.74. The first-order valence-electron chi connectivity index (χ1n) is 8.33. The molecule has 6 heteroatoms. The van der Waals surface area contributed by atoms with Crippen molar-refractivity contribution in [3.8, 4) is 0 Å². The smallest absolute Gasteiger partial charge is 0.315 e. The molecule has 1 aliphatic heterocycles. The second-order valence-electron chi connectivity index (χ2n) is 6.18. The van der Waals surface area contributed by atoms with E-state index in [4.69, 9.17) is 11.6 Å². The van der Waals surface area contributed by atoms with Gasteiger partial charge in [-0.15, -0.1) is 0 Å². The first-order valence-corrected chi connectivity index (χ1v) is 8.71. The van der Waals surface area contributed by atoms with Gasteiger partial charge in [0, 0.05) is 24.7 Å². The second kappa shape index (κ2) is 7.77. The minimum Gasteiger partial charge on any atom is -0.315 e. The van der Waals surface area contributed by atoms with Crippen molar-refractivity contribution in [1.82, 2.24) is 10.2 Å². The van der Waals surface area contributed by atoms with E-state index >= 15 is 0 Å². The van der Waals surface area contributed by atoms with Gasteiger partial charge in [0.25, 0.3) is 0 Å². The Labute approximate surface area is 150 Å². The van der Waals surface area contributed by atoms with Crippen LogP contribution in [0.3, 0.4) is 0 Å². The summed E-state index contributed by atoms with van der Waals surface area (Å²) in [6.07, 6.45) is -3.50. The van der Waals surface area contributed by atoms with E-state index in [0.717, 1.165) is 37.7 Å². The van der Waals surface area contributed by atoms with Crippen LogP contribution in [-0.4, -0.2) is 31.1 Å². The summed E-state index contributed by atoms with van der Waals surface area (Å²) < 4.78 is 40.8. The minimum absolute atomic E-state index is 0.277. The van der Waals surface area contributed by atoms with Crippen LogP contribution in [0.25, 0.3) is 0 Å². The van der Waals surface area contributed by atoms with E-state index in [1.807, 2.05) is 6.07 Å². The maximum absolute atomic E-state index is 13.6. The third-order valence-electron chi connectivity index (χ3n) is 4.47. The standard InChI is InChI=1S/C19H20ClF3N2/c20-15-6-3-5-14(13-15)18(25-11-4-9-24-10-12-25)16-7-1-2-8-17(16)19(21,22)23/h1-3,5-8,13,18,24H,4,9-12H2. The molecule has 0 aromatic heterocycles. The van der Waals surface area contributed by atoms with E-state index in [-0.39, 0.29) is 5.56 Å². The highest BCUT2D eigenvalue weighted by Gasteiger charge is 2.37. The van der Waals surface area contributed by atoms with Gasteiger partial charge in [0.1, 0.15) is 0 Å². The van der Waals surface area contributed by atoms with Gasteiger partial charge in [-0.1, -0.05) is 41.9 Å². The van der Waals surface area contributed by atoms with Gasteiger partial charge in [-0.25, -0.2) is 0 Å². The molecule has 134 valence electrons. The molecule has 1 unspecified atom stereocenters. The normalized spacial score (nSPS) is 17.9. The summed E-state index contributed by atoms with van der Waals surface area (Å²) in [5.41, 5.74) is 0.474. The molecule has 1 heterocycles. The van der Waals surface area contributed by atoms with Gasteiger partial charge in [-0.2, -0.15) is 13.2 Å². The molecule has 2 aromatic rings. The fraction of sp³-hybridized carbons (Fsp3) is 0.368. The van der Waals surface area contributed by atoms with Gasteiger partial charge in [-0.05, 0) is 42.3 Å². The van der Waals surface area contributed by atoms with Gasteiger partial charge in [0.15, 0.2) is 0 Å². The summed E-state index contributed by atoms with van der Waals surface area (Å²) in [6.45, 7) is 3.05. The van der Waals surface area contributed by atoms with Crippen molar-refractivity contribution in [3.05, 3.63) is 70.2 Å². The van der Waals surface area contributed by atoms with E-state index in [1.165, 1.54) is 6.07 Å². The molecule has 0 saturated carbocycles. The van der Waals surface area contributed by atoms with Crippen molar-refractivity contribution in [2.45, 2.75) is 18.6 Å². The number of alkyl halides is 3. The van der Waals surface area contributed by atoms with Crippen LogP contribution < -0.4 is 5.32 Å². The van der Waals surface area contributed by atoms with Crippen molar-refractivity contribution in [2.75, 3.05) is 26.2 Å². The molecular weight excluding hydrogens is 349 g/mol. The average Bonchev–Trinajstić information content (AvgIpc) is 2.84. The number of hydrogen-bond acceptors (Lipinski definition) is 2. The first kappa shape index (κ1) is 18.2. The highest BCUT2D eigenvalue weighted by molar-refractivity contribution is 6.30. The minimum atomic E-state index is -4.39. The summed E-state index contributed by atoms with van der Waals surface area (Å²) in [4.78, 5) is 2.11. The Morgan fingerprint density at radius 1 is 1.00 bits per heavy atom. The van der Waals surface area contributed by atoms with E-state index in [0.29, 0.717) is 11.6 Å². The van der Waals surface area contributed by atoms with Crippen LogP contribution in [0, 0.1) is 0 Å². The number of rotatable bonds is 3. The highest BCUT2D eigenvalue weighted by Crippen LogP contribution is 2.39. The van der Waals surface area contributed by atoms with Gasteiger partial charge in [-0.3, -0.25) is 4.90 Å². The molecule has 1 fully saturated rings. The van der Waals surface area contributed by atoms with E-state index in [1.54, 1.807) is 30.3 Å². The fourth-order valence-corrected chi connectivity index (χ4v) is 3.58. The molecule has 0 aliphatic carbocycles. The third kappa shape index (κ3) is 4.35. The van der Waals surface area contributed by atoms with Crippen molar-refractivity contribution < 1.29 is 13.2 Å². The zero-order chi connectivity index (χ0) is 17.9. The molecule has 0 bridgehead atoms. The Hall–Kier alpha value is -1.56. The van der Waals surface area contributed by atoms with Crippen molar-refractivity contribution in [3.63, 3.8) is 0 Å². The van der Waals surface area contributed by atoms with Gasteiger partial charge >= 0.3 is 6.18 Å². The molecule has 0 radical (unpaired) electrons. The fourth-order valence-electron chi connectivity index (χ4n) is 3.38.